The number of nitrogens with zero attached hydrogens (tertiary/aromatic N) is 1. The molecule has 2 N–H and O–H groups in total. The van der Waals surface area contributed by atoms with Gasteiger partial charge in [-0.2, -0.15) is 0 Å². The van der Waals surface area contributed by atoms with Crippen LogP contribution in [0.2, 0.25) is 0 Å². The van der Waals surface area contributed by atoms with E-state index in [1.54, 1.807) is 48.7 Å². The third-order valence-electron chi connectivity index (χ3n) is 3.93. The summed E-state index contributed by atoms with van der Waals surface area (Å²) < 4.78 is 5.12. The van der Waals surface area contributed by atoms with Crippen molar-refractivity contribution in [2.24, 2.45) is 0 Å². The highest BCUT2D eigenvalue weighted by Gasteiger charge is 2.14. The van der Waals surface area contributed by atoms with Crippen molar-refractivity contribution in [3.63, 3.8) is 0 Å². The van der Waals surface area contributed by atoms with Gasteiger partial charge >= 0.3 is 5.97 Å². The maximum Gasteiger partial charge on any atom is 0.340 e. The number of aromatic nitrogens is 1. The molecule has 0 aliphatic heterocycles. The second-order valence-corrected chi connectivity index (χ2v) is 5.95. The summed E-state index contributed by atoms with van der Waals surface area (Å²) in [6.45, 7) is 1.88. The highest BCUT2D eigenvalue weighted by Crippen LogP contribution is 2.17. The first-order valence-electron chi connectivity index (χ1n) is 8.77. The van der Waals surface area contributed by atoms with Crippen molar-refractivity contribution in [3.05, 3.63) is 71.9 Å². The summed E-state index contributed by atoms with van der Waals surface area (Å²) in [5.74, 6) is -1.36. The molecule has 0 spiro atoms. The smallest absolute Gasteiger partial charge is 0.340 e. The lowest BCUT2D eigenvalue weighted by Crippen LogP contribution is -2.23. The molecule has 1 heterocycles. The van der Waals surface area contributed by atoms with Crippen LogP contribution >= 0.6 is 0 Å². The van der Waals surface area contributed by atoms with Crippen molar-refractivity contribution < 1.29 is 19.1 Å². The molecule has 142 valence electrons. The standard InChI is InChI=1S/C21H19N3O4/c1-2-22-20(26)15-7-3-9-16(12-15)24-18(25)13-28-21(27)17-10-4-6-14-8-5-11-23-19(14)17/h3-12H,2,13H2,1H3,(H,22,26)(H,24,25). The van der Waals surface area contributed by atoms with Crippen LogP contribution in [-0.4, -0.2) is 35.9 Å². The molecule has 0 atom stereocenters. The van der Waals surface area contributed by atoms with Gasteiger partial charge in [-0.1, -0.05) is 24.3 Å². The summed E-state index contributed by atoms with van der Waals surface area (Å²) in [5, 5.41) is 6.11. The van der Waals surface area contributed by atoms with E-state index in [0.29, 0.717) is 28.9 Å². The number of esters is 1. The van der Waals surface area contributed by atoms with Crippen LogP contribution < -0.4 is 10.6 Å². The van der Waals surface area contributed by atoms with Crippen LogP contribution in [0.15, 0.2) is 60.8 Å². The molecule has 3 aromatic rings. The van der Waals surface area contributed by atoms with Crippen molar-refractivity contribution in [1.29, 1.82) is 0 Å². The monoisotopic (exact) mass is 377 g/mol. The zero-order valence-electron chi connectivity index (χ0n) is 15.3. The Morgan fingerprint density at radius 2 is 1.82 bits per heavy atom. The van der Waals surface area contributed by atoms with E-state index in [1.165, 1.54) is 0 Å². The number of hydrogen-bond donors (Lipinski definition) is 2. The number of amides is 2. The third kappa shape index (κ3) is 4.50. The van der Waals surface area contributed by atoms with Gasteiger partial charge in [0.2, 0.25) is 0 Å². The lowest BCUT2D eigenvalue weighted by atomic mass is 10.1. The highest BCUT2D eigenvalue weighted by atomic mass is 16.5. The Kier molecular flexibility index (Phi) is 5.96. The van der Waals surface area contributed by atoms with Crippen LogP contribution in [0.3, 0.4) is 0 Å². The van der Waals surface area contributed by atoms with Gasteiger partial charge in [0.15, 0.2) is 6.61 Å². The largest absolute Gasteiger partial charge is 0.452 e. The molecule has 3 rings (SSSR count). The Morgan fingerprint density at radius 1 is 1.04 bits per heavy atom. The Balaban J connectivity index is 1.62. The summed E-state index contributed by atoms with van der Waals surface area (Å²) in [4.78, 5) is 40.5. The number of carbonyl (C=O) groups excluding carboxylic acids is 3. The first-order valence-corrected chi connectivity index (χ1v) is 8.77. The summed E-state index contributed by atoms with van der Waals surface area (Å²) >= 11 is 0. The quantitative estimate of drug-likeness (QED) is 0.644. The van der Waals surface area contributed by atoms with E-state index < -0.39 is 18.5 Å². The number of hydrogen-bond acceptors (Lipinski definition) is 5. The van der Waals surface area contributed by atoms with Crippen LogP contribution in [0.4, 0.5) is 5.69 Å². The molecular formula is C21H19N3O4. The number of carbonyl (C=O) groups is 3. The lowest BCUT2D eigenvalue weighted by Gasteiger charge is -2.09. The summed E-state index contributed by atoms with van der Waals surface area (Å²) in [7, 11) is 0. The molecule has 7 nitrogen and oxygen atoms in total. The van der Waals surface area contributed by atoms with Crippen molar-refractivity contribution in [3.8, 4) is 0 Å². The van der Waals surface area contributed by atoms with Crippen LogP contribution in [0.1, 0.15) is 27.6 Å². The van der Waals surface area contributed by atoms with E-state index >= 15 is 0 Å². The van der Waals surface area contributed by atoms with E-state index in [-0.39, 0.29) is 5.91 Å². The van der Waals surface area contributed by atoms with E-state index in [0.717, 1.165) is 5.39 Å². The second-order valence-electron chi connectivity index (χ2n) is 5.95. The fraction of sp³-hybridized carbons (Fsp3) is 0.143. The number of anilines is 1. The maximum atomic E-state index is 12.3. The van der Waals surface area contributed by atoms with Gasteiger partial charge in [-0.05, 0) is 37.3 Å². The number of para-hydroxylation sites is 1. The van der Waals surface area contributed by atoms with Crippen LogP contribution in [0, 0.1) is 0 Å². The van der Waals surface area contributed by atoms with Gasteiger partial charge in [0.1, 0.15) is 0 Å². The predicted molar refractivity (Wildman–Crippen MR) is 105 cm³/mol. The van der Waals surface area contributed by atoms with Gasteiger partial charge in [-0.15, -0.1) is 0 Å². The second kappa shape index (κ2) is 8.77. The average molecular weight is 377 g/mol. The van der Waals surface area contributed by atoms with Crippen molar-refractivity contribution >= 4 is 34.4 Å². The molecule has 0 unspecified atom stereocenters. The van der Waals surface area contributed by atoms with Crippen LogP contribution in [0.5, 0.6) is 0 Å². The number of benzene rings is 2. The molecule has 0 aliphatic carbocycles. The molecule has 0 radical (unpaired) electrons. The van der Waals surface area contributed by atoms with Gasteiger partial charge in [0.25, 0.3) is 11.8 Å². The minimum absolute atomic E-state index is 0.228. The molecule has 0 saturated carbocycles. The minimum atomic E-state index is -0.629. The van der Waals surface area contributed by atoms with Gasteiger partial charge in [0, 0.05) is 29.4 Å². The Bertz CT molecular complexity index is 1030. The lowest BCUT2D eigenvalue weighted by molar-refractivity contribution is -0.119. The summed E-state index contributed by atoms with van der Waals surface area (Å²) in [6.07, 6.45) is 1.59. The molecule has 0 bridgehead atoms. The summed E-state index contributed by atoms with van der Waals surface area (Å²) in [5.41, 5.74) is 1.68. The Hall–Kier alpha value is -3.74. The molecule has 2 amide bonds. The van der Waals surface area contributed by atoms with E-state index in [4.69, 9.17) is 4.74 Å². The molecule has 0 saturated heterocycles. The predicted octanol–water partition coefficient (Wildman–Crippen LogP) is 2.78. The van der Waals surface area contributed by atoms with Gasteiger partial charge in [-0.3, -0.25) is 14.6 Å². The number of pyridine rings is 1. The molecule has 1 aromatic heterocycles. The zero-order chi connectivity index (χ0) is 19.9. The van der Waals surface area contributed by atoms with E-state index in [1.807, 2.05) is 19.1 Å². The number of nitrogens with one attached hydrogen (secondary N) is 2. The number of rotatable bonds is 6. The number of ether oxygens (including phenoxy) is 1. The molecule has 7 heteroatoms. The van der Waals surface area contributed by atoms with Gasteiger partial charge < -0.3 is 15.4 Å². The van der Waals surface area contributed by atoms with Crippen molar-refractivity contribution in [2.75, 3.05) is 18.5 Å². The van der Waals surface area contributed by atoms with Gasteiger partial charge in [-0.25, -0.2) is 4.79 Å². The average Bonchev–Trinajstić information content (AvgIpc) is 2.72. The first-order chi connectivity index (χ1) is 13.6. The minimum Gasteiger partial charge on any atom is -0.452 e. The molecule has 0 fully saturated rings. The van der Waals surface area contributed by atoms with Gasteiger partial charge in [0.05, 0.1) is 11.1 Å². The highest BCUT2D eigenvalue weighted by molar-refractivity contribution is 6.04. The normalized spacial score (nSPS) is 10.3. The first kappa shape index (κ1) is 19.0. The fourth-order valence-electron chi connectivity index (χ4n) is 2.68. The summed E-state index contributed by atoms with van der Waals surface area (Å²) in [6, 6.07) is 15.3. The molecule has 2 aromatic carbocycles. The maximum absolute atomic E-state index is 12.3. The van der Waals surface area contributed by atoms with Crippen LogP contribution in [-0.2, 0) is 9.53 Å². The molecular weight excluding hydrogens is 358 g/mol. The molecule has 28 heavy (non-hydrogen) atoms. The Labute approximate surface area is 161 Å². The van der Waals surface area contributed by atoms with E-state index in [2.05, 4.69) is 15.6 Å². The third-order valence-corrected chi connectivity index (χ3v) is 3.93. The van der Waals surface area contributed by atoms with Crippen molar-refractivity contribution in [2.45, 2.75) is 6.92 Å². The fourth-order valence-corrected chi connectivity index (χ4v) is 2.68. The van der Waals surface area contributed by atoms with E-state index in [9.17, 15) is 14.4 Å². The SMILES string of the molecule is CCNC(=O)c1cccc(NC(=O)COC(=O)c2cccc3cccnc23)c1. The Morgan fingerprint density at radius 3 is 2.64 bits per heavy atom. The van der Waals surface area contributed by atoms with Crippen molar-refractivity contribution in [1.82, 2.24) is 10.3 Å². The zero-order valence-corrected chi connectivity index (χ0v) is 15.3. The topological polar surface area (TPSA) is 97.4 Å². The van der Waals surface area contributed by atoms with Crippen LogP contribution in [0.25, 0.3) is 10.9 Å². The number of fused-ring (bicyclic) bond motifs is 1. The molecule has 0 aliphatic rings.